The Balaban J connectivity index is 0.000000182. The molecule has 2 aliphatic rings. The van der Waals surface area contributed by atoms with E-state index >= 15 is 0 Å². The molecular formula is C19H34S. The number of thiophene rings is 1. The topological polar surface area (TPSA) is 0 Å². The molecule has 1 heteroatoms. The van der Waals surface area contributed by atoms with Crippen molar-refractivity contribution in [1.29, 1.82) is 0 Å². The second-order valence-corrected chi connectivity index (χ2v) is 7.33. The van der Waals surface area contributed by atoms with Gasteiger partial charge in [0.2, 0.25) is 0 Å². The Morgan fingerprint density at radius 3 is 2.00 bits per heavy atom. The molecule has 0 bridgehead atoms. The largest absolute Gasteiger partial charge is 0.149 e. The number of rotatable bonds is 0. The maximum absolute atomic E-state index is 2.38. The van der Waals surface area contributed by atoms with Gasteiger partial charge >= 0.3 is 0 Å². The molecular weight excluding hydrogens is 260 g/mol. The van der Waals surface area contributed by atoms with E-state index in [4.69, 9.17) is 0 Å². The molecule has 1 heterocycles. The maximum Gasteiger partial charge on any atom is 0.00799 e. The van der Waals surface area contributed by atoms with Crippen molar-refractivity contribution in [3.63, 3.8) is 0 Å². The number of hydrogen-bond acceptors (Lipinski definition) is 1. The van der Waals surface area contributed by atoms with Crippen molar-refractivity contribution < 1.29 is 0 Å². The Labute approximate surface area is 131 Å². The van der Waals surface area contributed by atoms with E-state index in [9.17, 15) is 0 Å². The summed E-state index contributed by atoms with van der Waals surface area (Å²) in [5, 5.41) is 2.23. The molecule has 0 N–H and O–H groups in total. The minimum absolute atomic E-state index is 0.829. The summed E-state index contributed by atoms with van der Waals surface area (Å²) < 4.78 is 0. The van der Waals surface area contributed by atoms with Crippen LogP contribution in [0, 0.1) is 11.8 Å². The molecule has 20 heavy (non-hydrogen) atoms. The van der Waals surface area contributed by atoms with Crippen molar-refractivity contribution in [2.24, 2.45) is 11.8 Å². The Bertz CT molecular complexity index is 342. The first-order valence-electron chi connectivity index (χ1n) is 8.74. The van der Waals surface area contributed by atoms with Crippen molar-refractivity contribution in [2.45, 2.75) is 85.5 Å². The molecule has 0 spiro atoms. The third kappa shape index (κ3) is 5.24. The molecule has 1 saturated carbocycles. The van der Waals surface area contributed by atoms with Gasteiger partial charge in [0.05, 0.1) is 0 Å². The van der Waals surface area contributed by atoms with Crippen LogP contribution in [0.15, 0.2) is 11.4 Å². The zero-order chi connectivity index (χ0) is 15.0. The summed E-state index contributed by atoms with van der Waals surface area (Å²) in [5.74, 6) is 2.84. The van der Waals surface area contributed by atoms with Crippen LogP contribution in [0.5, 0.6) is 0 Å². The molecule has 2 aliphatic carbocycles. The number of fused-ring (bicyclic) bond motifs is 1. The van der Waals surface area contributed by atoms with Gasteiger partial charge in [0.1, 0.15) is 0 Å². The summed E-state index contributed by atoms with van der Waals surface area (Å²) in [6, 6.07) is 2.30. The Kier molecular flexibility index (Phi) is 8.52. The van der Waals surface area contributed by atoms with Crippen molar-refractivity contribution in [1.82, 2.24) is 0 Å². The van der Waals surface area contributed by atoms with Gasteiger partial charge in [-0.25, -0.2) is 0 Å². The highest BCUT2D eigenvalue weighted by molar-refractivity contribution is 7.10. The average molecular weight is 295 g/mol. The van der Waals surface area contributed by atoms with Gasteiger partial charge in [-0.3, -0.25) is 0 Å². The fourth-order valence-corrected chi connectivity index (χ4v) is 4.27. The minimum Gasteiger partial charge on any atom is -0.149 e. The van der Waals surface area contributed by atoms with E-state index in [0.29, 0.717) is 0 Å². The second-order valence-electron chi connectivity index (χ2n) is 6.33. The molecule has 0 amide bonds. The first-order chi connectivity index (χ1) is 9.68. The van der Waals surface area contributed by atoms with Crippen LogP contribution < -0.4 is 0 Å². The molecule has 0 aliphatic heterocycles. The lowest BCUT2D eigenvalue weighted by Gasteiger charge is -2.24. The highest BCUT2D eigenvalue weighted by Gasteiger charge is 2.16. The number of hydrogen-bond donors (Lipinski definition) is 0. The Morgan fingerprint density at radius 1 is 0.900 bits per heavy atom. The minimum atomic E-state index is 0.829. The van der Waals surface area contributed by atoms with Crippen molar-refractivity contribution in [3.8, 4) is 0 Å². The average Bonchev–Trinajstić information content (AvgIpc) is 2.95. The smallest absolute Gasteiger partial charge is 0.00799 e. The van der Waals surface area contributed by atoms with E-state index in [1.807, 2.05) is 25.2 Å². The molecule has 0 saturated heterocycles. The molecule has 116 valence electrons. The van der Waals surface area contributed by atoms with Crippen LogP contribution >= 0.6 is 11.3 Å². The first-order valence-corrected chi connectivity index (χ1v) is 9.62. The maximum atomic E-state index is 2.38. The third-order valence-corrected chi connectivity index (χ3v) is 5.89. The molecule has 3 atom stereocenters. The predicted octanol–water partition coefficient (Wildman–Crippen LogP) is 7.05. The van der Waals surface area contributed by atoms with Gasteiger partial charge in [0.15, 0.2) is 0 Å². The van der Waals surface area contributed by atoms with Gasteiger partial charge in [-0.2, -0.15) is 0 Å². The van der Waals surface area contributed by atoms with Crippen LogP contribution in [0.25, 0.3) is 0 Å². The van der Waals surface area contributed by atoms with Crippen LogP contribution in [-0.2, 0) is 6.42 Å². The van der Waals surface area contributed by atoms with Crippen LogP contribution in [0.4, 0.5) is 0 Å². The van der Waals surface area contributed by atoms with Gasteiger partial charge in [0.25, 0.3) is 0 Å². The summed E-state index contributed by atoms with van der Waals surface area (Å²) in [5.41, 5.74) is 1.62. The molecule has 3 rings (SSSR count). The van der Waals surface area contributed by atoms with Crippen LogP contribution in [0.3, 0.4) is 0 Å². The van der Waals surface area contributed by atoms with E-state index in [-0.39, 0.29) is 0 Å². The standard InChI is InChI=1S/C9H12S.C8H16.C2H6/c1-7-3-2-4-9-8(7)5-6-10-9;1-7-5-3-4-6-8(7)2;1-2/h5-7H,2-4H2,1H3;7-8H,3-6H2,1-2H3;1-2H3/t7-;7-,8-;/m11./s1. The molecule has 0 radical (unpaired) electrons. The van der Waals surface area contributed by atoms with Gasteiger partial charge in [-0.05, 0) is 54.0 Å². The lowest BCUT2D eigenvalue weighted by atomic mass is 9.82. The van der Waals surface area contributed by atoms with E-state index in [2.05, 4.69) is 32.2 Å². The van der Waals surface area contributed by atoms with Crippen molar-refractivity contribution >= 4 is 11.3 Å². The third-order valence-electron chi connectivity index (χ3n) is 4.89. The molecule has 0 nitrogen and oxygen atoms in total. The highest BCUT2D eigenvalue weighted by atomic mass is 32.1. The van der Waals surface area contributed by atoms with Crippen LogP contribution in [0.2, 0.25) is 0 Å². The number of aryl methyl sites for hydroxylation is 1. The predicted molar refractivity (Wildman–Crippen MR) is 93.8 cm³/mol. The van der Waals surface area contributed by atoms with E-state index < -0.39 is 0 Å². The normalized spacial score (nSPS) is 28.4. The van der Waals surface area contributed by atoms with Gasteiger partial charge < -0.3 is 0 Å². The summed E-state index contributed by atoms with van der Waals surface area (Å²) in [6.45, 7) is 11.1. The van der Waals surface area contributed by atoms with Crippen molar-refractivity contribution in [2.75, 3.05) is 0 Å². The molecule has 1 aromatic heterocycles. The SMILES string of the molecule is CC.C[C@@H]1CCCC[C@H]1C.C[C@@H]1CCCc2sccc21. The summed E-state index contributed by atoms with van der Waals surface area (Å²) in [4.78, 5) is 1.64. The first kappa shape index (κ1) is 17.8. The Hall–Kier alpha value is -0.300. The van der Waals surface area contributed by atoms with Crippen LogP contribution in [0.1, 0.15) is 89.5 Å². The summed E-state index contributed by atoms with van der Waals surface area (Å²) >= 11 is 1.93. The fourth-order valence-electron chi connectivity index (χ4n) is 3.22. The summed E-state index contributed by atoms with van der Waals surface area (Å²) in [7, 11) is 0. The van der Waals surface area contributed by atoms with Crippen LogP contribution in [-0.4, -0.2) is 0 Å². The van der Waals surface area contributed by atoms with E-state index in [1.54, 1.807) is 10.4 Å². The fraction of sp³-hybridized carbons (Fsp3) is 0.789. The van der Waals surface area contributed by atoms with Gasteiger partial charge in [-0.15, -0.1) is 11.3 Å². The van der Waals surface area contributed by atoms with E-state index in [0.717, 1.165) is 17.8 Å². The van der Waals surface area contributed by atoms with Gasteiger partial charge in [0, 0.05) is 4.88 Å². The molecule has 1 fully saturated rings. The lowest BCUT2D eigenvalue weighted by molar-refractivity contribution is 0.277. The lowest BCUT2D eigenvalue weighted by Crippen LogP contribution is -2.12. The quantitative estimate of drug-likeness (QED) is 0.481. The zero-order valence-electron chi connectivity index (χ0n) is 14.2. The second kappa shape index (κ2) is 9.60. The van der Waals surface area contributed by atoms with E-state index in [1.165, 1.54) is 44.9 Å². The monoisotopic (exact) mass is 294 g/mol. The zero-order valence-corrected chi connectivity index (χ0v) is 15.1. The molecule has 0 aromatic carbocycles. The summed E-state index contributed by atoms with van der Waals surface area (Å²) in [6.07, 6.45) is 10.0. The Morgan fingerprint density at radius 2 is 1.50 bits per heavy atom. The van der Waals surface area contributed by atoms with Crippen molar-refractivity contribution in [3.05, 3.63) is 21.9 Å². The highest BCUT2D eigenvalue weighted by Crippen LogP contribution is 2.34. The molecule has 1 aromatic rings. The molecule has 0 unspecified atom stereocenters. The van der Waals surface area contributed by atoms with Gasteiger partial charge in [-0.1, -0.05) is 60.3 Å².